The number of hydrogen-bond acceptors (Lipinski definition) is 5. The number of esters is 1. The van der Waals surface area contributed by atoms with Crippen LogP contribution in [0.25, 0.3) is 0 Å². The van der Waals surface area contributed by atoms with Gasteiger partial charge in [0.25, 0.3) is 0 Å². The highest BCUT2D eigenvalue weighted by Crippen LogP contribution is 2.76. The number of amides is 1. The van der Waals surface area contributed by atoms with Gasteiger partial charge in [0.2, 0.25) is 5.91 Å². The van der Waals surface area contributed by atoms with E-state index >= 15 is 0 Å². The number of Topliss-reactive ketones (excluding diaryl/α,β-unsaturated/α-hetero) is 1. The SMILES string of the molecule is CC(C)C1=C2[C@H]3CC[C@@H]4[C@@]5(C)CC[C@H](OC(=O)CC(C)(C)C(=O)O)C(C)(C)[C@@H]5CC[C@@]4(C)[C@]3(C)CC[C@@]2(C(=O)NCc2ccccc2Cl)CC1=O. The number of hydrogen-bond donors (Lipinski definition) is 2. The molecule has 0 spiro atoms. The minimum Gasteiger partial charge on any atom is -0.481 e. The highest BCUT2D eigenvalue weighted by Gasteiger charge is 2.71. The summed E-state index contributed by atoms with van der Waals surface area (Å²) in [4.78, 5) is 53.2. The molecule has 0 saturated heterocycles. The summed E-state index contributed by atoms with van der Waals surface area (Å²) in [5.41, 5.74) is 0.629. The van der Waals surface area contributed by atoms with E-state index in [2.05, 4.69) is 53.8 Å². The predicted octanol–water partition coefficient (Wildman–Crippen LogP) is 9.35. The fourth-order valence-electron chi connectivity index (χ4n) is 12.7. The lowest BCUT2D eigenvalue weighted by atomic mass is 9.33. The van der Waals surface area contributed by atoms with Crippen LogP contribution in [-0.2, 0) is 30.5 Å². The van der Waals surface area contributed by atoms with E-state index in [0.29, 0.717) is 29.8 Å². The number of allylic oxidation sites excluding steroid dienone is 1. The van der Waals surface area contributed by atoms with Crippen LogP contribution in [0.3, 0.4) is 0 Å². The molecular formula is C43H60ClNO6. The average molecular weight is 722 g/mol. The van der Waals surface area contributed by atoms with Gasteiger partial charge in [0, 0.05) is 23.4 Å². The van der Waals surface area contributed by atoms with Crippen LogP contribution in [0.15, 0.2) is 35.4 Å². The van der Waals surface area contributed by atoms with Crippen molar-refractivity contribution in [2.24, 2.45) is 56.2 Å². The second-order valence-electron chi connectivity index (χ2n) is 19.3. The van der Waals surface area contributed by atoms with Gasteiger partial charge in [0.1, 0.15) is 6.10 Å². The van der Waals surface area contributed by atoms with E-state index in [-0.39, 0.29) is 64.1 Å². The first-order chi connectivity index (χ1) is 23.7. The maximum atomic E-state index is 14.5. The van der Waals surface area contributed by atoms with Gasteiger partial charge in [-0.25, -0.2) is 0 Å². The van der Waals surface area contributed by atoms with Gasteiger partial charge in [-0.05, 0) is 128 Å². The van der Waals surface area contributed by atoms with Gasteiger partial charge in [-0.2, -0.15) is 0 Å². The highest BCUT2D eigenvalue weighted by atomic mass is 35.5. The van der Waals surface area contributed by atoms with E-state index in [4.69, 9.17) is 16.3 Å². The van der Waals surface area contributed by atoms with Crippen molar-refractivity contribution in [2.45, 2.75) is 139 Å². The van der Waals surface area contributed by atoms with E-state index < -0.39 is 22.8 Å². The number of halogens is 1. The molecule has 2 N–H and O–H groups in total. The van der Waals surface area contributed by atoms with Crippen molar-refractivity contribution in [3.05, 3.63) is 46.0 Å². The summed E-state index contributed by atoms with van der Waals surface area (Å²) in [5.74, 6) is -0.319. The molecule has 7 nitrogen and oxygen atoms in total. The summed E-state index contributed by atoms with van der Waals surface area (Å²) >= 11 is 6.47. The Kier molecular flexibility index (Phi) is 9.50. The minimum atomic E-state index is -1.17. The van der Waals surface area contributed by atoms with Crippen LogP contribution in [0.4, 0.5) is 0 Å². The zero-order chi connectivity index (χ0) is 37.5. The number of carboxylic acid groups (broad SMARTS) is 1. The minimum absolute atomic E-state index is 0.00714. The Morgan fingerprint density at radius 3 is 2.27 bits per heavy atom. The van der Waals surface area contributed by atoms with E-state index in [1.807, 2.05) is 24.3 Å². The van der Waals surface area contributed by atoms with Gasteiger partial charge < -0.3 is 15.2 Å². The molecule has 0 unspecified atom stereocenters. The summed E-state index contributed by atoms with van der Waals surface area (Å²) in [6.07, 6.45) is 7.21. The van der Waals surface area contributed by atoms with Gasteiger partial charge >= 0.3 is 11.9 Å². The third-order valence-electron chi connectivity index (χ3n) is 15.6. The molecule has 1 amide bonds. The van der Waals surface area contributed by atoms with Crippen LogP contribution in [0.1, 0.15) is 132 Å². The van der Waals surface area contributed by atoms with E-state index in [1.54, 1.807) is 13.8 Å². The Balaban J connectivity index is 1.29. The first-order valence-corrected chi connectivity index (χ1v) is 19.8. The Bertz CT molecular complexity index is 1660. The topological polar surface area (TPSA) is 110 Å². The monoisotopic (exact) mass is 721 g/mol. The normalized spacial score (nSPS) is 37.2. The van der Waals surface area contributed by atoms with E-state index in [9.17, 15) is 24.3 Å². The number of carbonyl (C=O) groups excluding carboxylic acids is 3. The van der Waals surface area contributed by atoms with Crippen molar-refractivity contribution in [3.63, 3.8) is 0 Å². The Labute approximate surface area is 310 Å². The number of benzene rings is 1. The van der Waals surface area contributed by atoms with Crippen molar-refractivity contribution < 1.29 is 29.0 Å². The van der Waals surface area contributed by atoms with Gasteiger partial charge in [-0.3, -0.25) is 19.2 Å². The molecule has 0 bridgehead atoms. The molecule has 8 atom stereocenters. The number of nitrogens with one attached hydrogen (secondary N) is 1. The number of aliphatic carboxylic acids is 1. The maximum absolute atomic E-state index is 14.5. The Hall–Kier alpha value is -2.67. The van der Waals surface area contributed by atoms with Gasteiger partial charge in [0.05, 0.1) is 17.3 Å². The highest BCUT2D eigenvalue weighted by molar-refractivity contribution is 6.31. The second kappa shape index (κ2) is 12.7. The van der Waals surface area contributed by atoms with Crippen molar-refractivity contribution in [2.75, 3.05) is 0 Å². The molecule has 5 aliphatic carbocycles. The number of carboxylic acids is 1. The van der Waals surface area contributed by atoms with Crippen LogP contribution >= 0.6 is 11.6 Å². The molecule has 8 heteroatoms. The third-order valence-corrected chi connectivity index (χ3v) is 16.0. The molecule has 0 heterocycles. The van der Waals surface area contributed by atoms with Crippen molar-refractivity contribution in [1.82, 2.24) is 5.32 Å². The largest absolute Gasteiger partial charge is 0.481 e. The molecule has 0 aliphatic heterocycles. The molecule has 0 radical (unpaired) electrons. The molecule has 5 aliphatic rings. The zero-order valence-corrected chi connectivity index (χ0v) is 33.1. The number of rotatable bonds is 8. The molecule has 4 fully saturated rings. The number of ketones is 1. The average Bonchev–Trinajstić information content (AvgIpc) is 3.35. The lowest BCUT2D eigenvalue weighted by molar-refractivity contribution is -0.233. The fourth-order valence-corrected chi connectivity index (χ4v) is 12.9. The zero-order valence-electron chi connectivity index (χ0n) is 32.3. The number of ether oxygens (including phenoxy) is 1. The van der Waals surface area contributed by atoms with Crippen LogP contribution in [0, 0.1) is 56.2 Å². The maximum Gasteiger partial charge on any atom is 0.309 e. The van der Waals surface area contributed by atoms with E-state index in [1.165, 1.54) is 0 Å². The van der Waals surface area contributed by atoms with Crippen molar-refractivity contribution in [1.29, 1.82) is 0 Å². The molecule has 1 aromatic carbocycles. The lowest BCUT2D eigenvalue weighted by Crippen LogP contribution is -2.66. The Morgan fingerprint density at radius 2 is 1.63 bits per heavy atom. The van der Waals surface area contributed by atoms with Crippen LogP contribution in [-0.4, -0.2) is 34.8 Å². The summed E-state index contributed by atoms with van der Waals surface area (Å²) in [6, 6.07) is 7.59. The third kappa shape index (κ3) is 5.73. The first kappa shape index (κ1) is 38.1. The number of carbonyl (C=O) groups is 4. The fraction of sp³-hybridized carbons (Fsp3) is 0.721. The van der Waals surface area contributed by atoms with Gasteiger partial charge in [0.15, 0.2) is 5.78 Å². The summed E-state index contributed by atoms with van der Waals surface area (Å²) < 4.78 is 6.15. The summed E-state index contributed by atoms with van der Waals surface area (Å²) in [6.45, 7) is 19.7. The van der Waals surface area contributed by atoms with E-state index in [0.717, 1.165) is 61.7 Å². The molecule has 4 saturated carbocycles. The predicted molar refractivity (Wildman–Crippen MR) is 199 cm³/mol. The summed E-state index contributed by atoms with van der Waals surface area (Å²) in [5, 5.41) is 13.5. The standard InChI is InChI=1S/C43H60ClNO6/c1-25(2)34-29(46)22-43(36(48)45-24-26-12-10-11-13-28(26)44)21-20-41(8)27(35(34)43)14-15-31-40(7)18-17-32(51-33(47)23-38(3,4)37(49)50)39(5,6)30(40)16-19-42(31,41)9/h10-13,25,27,30-32H,14-24H2,1-9H3,(H,45,48)(H,49,50)/t27-,30+,31-,32+,40+,41-,42-,43-/m1/s1. The van der Waals surface area contributed by atoms with Gasteiger partial charge in [-0.15, -0.1) is 0 Å². The van der Waals surface area contributed by atoms with Crippen molar-refractivity contribution in [3.8, 4) is 0 Å². The molecule has 51 heavy (non-hydrogen) atoms. The smallest absolute Gasteiger partial charge is 0.309 e. The van der Waals surface area contributed by atoms with Crippen LogP contribution < -0.4 is 5.32 Å². The van der Waals surface area contributed by atoms with Gasteiger partial charge in [-0.1, -0.05) is 78.3 Å². The molecule has 280 valence electrons. The molecule has 6 rings (SSSR count). The molecule has 1 aromatic rings. The molecular weight excluding hydrogens is 662 g/mol. The molecule has 0 aromatic heterocycles. The quantitative estimate of drug-likeness (QED) is 0.259. The Morgan fingerprint density at radius 1 is 0.941 bits per heavy atom. The van der Waals surface area contributed by atoms with Crippen LogP contribution in [0.2, 0.25) is 5.02 Å². The lowest BCUT2D eigenvalue weighted by Gasteiger charge is -2.72. The van der Waals surface area contributed by atoms with Crippen molar-refractivity contribution >= 4 is 35.2 Å². The summed E-state index contributed by atoms with van der Waals surface area (Å²) in [7, 11) is 0. The first-order valence-electron chi connectivity index (χ1n) is 19.4. The second-order valence-corrected chi connectivity index (χ2v) is 19.7. The number of fused-ring (bicyclic) bond motifs is 7. The van der Waals surface area contributed by atoms with Crippen LogP contribution in [0.5, 0.6) is 0 Å².